The molecule has 5 aromatic rings. The summed E-state index contributed by atoms with van der Waals surface area (Å²) in [6.45, 7) is 2.79. The van der Waals surface area contributed by atoms with Crippen molar-refractivity contribution in [1.82, 2.24) is 34.1 Å². The maximum Gasteiger partial charge on any atom is 0.433 e. The molecule has 2 N–H and O–H groups in total. The Kier molecular flexibility index (Phi) is 10.5. The molecule has 2 saturated heterocycles. The zero-order chi connectivity index (χ0) is 40.9. The molecule has 1 unspecified atom stereocenters. The molecule has 0 bridgehead atoms. The molecule has 1 saturated carbocycles. The molecule has 0 spiro atoms. The maximum absolute atomic E-state index is 13.2. The van der Waals surface area contributed by atoms with Crippen LogP contribution in [0.1, 0.15) is 79.6 Å². The van der Waals surface area contributed by atoms with E-state index in [1.165, 1.54) is 17.7 Å². The molecule has 17 heteroatoms. The molecule has 1 atom stereocenters. The summed E-state index contributed by atoms with van der Waals surface area (Å²) in [7, 11) is 5.39. The largest absolute Gasteiger partial charge is 0.494 e. The van der Waals surface area contributed by atoms with Crippen molar-refractivity contribution in [3.8, 4) is 5.75 Å². The summed E-state index contributed by atoms with van der Waals surface area (Å²) in [5.41, 5.74) is 1.72. The lowest BCUT2D eigenvalue weighted by Crippen LogP contribution is -2.45. The first-order valence-corrected chi connectivity index (χ1v) is 19.7. The number of amides is 3. The van der Waals surface area contributed by atoms with Gasteiger partial charge >= 0.3 is 11.9 Å². The minimum absolute atomic E-state index is 0.202. The normalized spacial score (nSPS) is 20.9. The highest BCUT2D eigenvalue weighted by Gasteiger charge is 2.34. The lowest BCUT2D eigenvalue weighted by molar-refractivity contribution is -0.141. The van der Waals surface area contributed by atoms with Crippen LogP contribution in [0.3, 0.4) is 0 Å². The number of nitrogens with zero attached hydrogens (tertiary/aromatic N) is 7. The maximum atomic E-state index is 13.2. The highest BCUT2D eigenvalue weighted by atomic mass is 19.4. The molecule has 8 rings (SSSR count). The van der Waals surface area contributed by atoms with Gasteiger partial charge in [0.25, 0.3) is 5.91 Å². The molecule has 3 fully saturated rings. The molecule has 14 nitrogen and oxygen atoms in total. The summed E-state index contributed by atoms with van der Waals surface area (Å²) in [4.78, 5) is 58.8. The summed E-state index contributed by atoms with van der Waals surface area (Å²) in [5.74, 6) is -0.633. The number of pyridine rings is 1. The van der Waals surface area contributed by atoms with Crippen LogP contribution in [0.15, 0.2) is 59.5 Å². The molecular weight excluding hydrogens is 756 g/mol. The van der Waals surface area contributed by atoms with Crippen LogP contribution >= 0.6 is 0 Å². The van der Waals surface area contributed by atoms with Gasteiger partial charge in [0, 0.05) is 62.5 Å². The molecule has 2 aromatic carbocycles. The predicted octanol–water partition coefficient (Wildman–Crippen LogP) is 5.67. The Morgan fingerprint density at radius 1 is 0.983 bits per heavy atom. The van der Waals surface area contributed by atoms with Crippen molar-refractivity contribution in [2.24, 2.45) is 13.0 Å². The minimum atomic E-state index is -4.67. The molecule has 1 aliphatic carbocycles. The van der Waals surface area contributed by atoms with Gasteiger partial charge in [-0.2, -0.15) is 18.3 Å². The van der Waals surface area contributed by atoms with Crippen LogP contribution in [-0.2, 0) is 22.8 Å². The second-order valence-corrected chi connectivity index (χ2v) is 15.8. The van der Waals surface area contributed by atoms with Gasteiger partial charge in [-0.15, -0.1) is 0 Å². The number of benzene rings is 2. The zero-order valence-corrected chi connectivity index (χ0v) is 32.6. The van der Waals surface area contributed by atoms with Crippen molar-refractivity contribution in [2.75, 3.05) is 44.0 Å². The monoisotopic (exact) mass is 801 g/mol. The number of carbonyl (C=O) groups is 3. The van der Waals surface area contributed by atoms with Gasteiger partial charge in [-0.05, 0) is 94.3 Å². The summed E-state index contributed by atoms with van der Waals surface area (Å²) < 4.78 is 50.1. The first-order valence-electron chi connectivity index (χ1n) is 19.7. The average molecular weight is 802 g/mol. The van der Waals surface area contributed by atoms with Crippen molar-refractivity contribution >= 4 is 51.0 Å². The van der Waals surface area contributed by atoms with Crippen molar-refractivity contribution in [3.05, 3.63) is 76.6 Å². The summed E-state index contributed by atoms with van der Waals surface area (Å²) in [6, 6.07) is 12.6. The molecule has 5 heterocycles. The van der Waals surface area contributed by atoms with E-state index in [1.54, 1.807) is 23.7 Å². The summed E-state index contributed by atoms with van der Waals surface area (Å²) >= 11 is 0. The second-order valence-electron chi connectivity index (χ2n) is 15.8. The van der Waals surface area contributed by atoms with Crippen molar-refractivity contribution < 1.29 is 32.3 Å². The number of rotatable bonds is 9. The molecule has 3 aliphatic rings. The number of alkyl halides is 3. The first-order chi connectivity index (χ1) is 27.8. The molecular formula is C41H46F3N9O5. The van der Waals surface area contributed by atoms with Crippen LogP contribution in [0.4, 0.5) is 24.5 Å². The first kappa shape index (κ1) is 39.1. The van der Waals surface area contributed by atoms with Gasteiger partial charge in [0.2, 0.25) is 11.8 Å². The van der Waals surface area contributed by atoms with E-state index in [4.69, 9.17) is 9.84 Å². The number of piperidine rings is 2. The van der Waals surface area contributed by atoms with Gasteiger partial charge in [0.05, 0.1) is 35.4 Å². The van der Waals surface area contributed by atoms with Gasteiger partial charge in [-0.1, -0.05) is 6.07 Å². The number of aryl methyl sites for hydroxylation is 1. The zero-order valence-electron chi connectivity index (χ0n) is 32.6. The third kappa shape index (κ3) is 7.66. The standard InChI is InChI=1S/C41H46F3N9O5/c1-49(26-15-17-51(18-16-26)28-11-12-32-34(20-28)50(2)40(57)53(32)33-13-14-37(54)47-39(33)56)22-24-7-9-27(10-8-24)52-23-25-19-31(35(58-3)21-30(25)48-52)46-38(55)29-5-4-6-36(45-29)41(42,43)44/h4-6,11-12,19-21,23-24,26-27,33H,7-10,13-18,22H2,1-3H3,(H,46,55)(H,47,54,56). The van der Waals surface area contributed by atoms with Gasteiger partial charge in [0.1, 0.15) is 23.2 Å². The van der Waals surface area contributed by atoms with E-state index in [2.05, 4.69) is 32.5 Å². The quantitative estimate of drug-likeness (QED) is 0.180. The highest BCUT2D eigenvalue weighted by Crippen LogP contribution is 2.37. The van der Waals surface area contributed by atoms with Gasteiger partial charge < -0.3 is 19.9 Å². The second kappa shape index (κ2) is 15.6. The smallest absolute Gasteiger partial charge is 0.433 e. The third-order valence-electron chi connectivity index (χ3n) is 12.1. The van der Waals surface area contributed by atoms with E-state index < -0.39 is 29.7 Å². The fraction of sp³-hybridized carbons (Fsp3) is 0.463. The number of hydrogen-bond donors (Lipinski definition) is 2. The van der Waals surface area contributed by atoms with E-state index >= 15 is 0 Å². The Labute approximate surface area is 331 Å². The number of fused-ring (bicyclic) bond motifs is 2. The van der Waals surface area contributed by atoms with Gasteiger partial charge in [-0.25, -0.2) is 9.78 Å². The third-order valence-corrected chi connectivity index (χ3v) is 12.1. The van der Waals surface area contributed by atoms with Crippen LogP contribution in [-0.4, -0.2) is 86.4 Å². The van der Waals surface area contributed by atoms with Crippen molar-refractivity contribution in [1.29, 1.82) is 0 Å². The van der Waals surface area contributed by atoms with Crippen LogP contribution in [0.5, 0.6) is 5.75 Å². The predicted molar refractivity (Wildman–Crippen MR) is 211 cm³/mol. The lowest BCUT2D eigenvalue weighted by atomic mass is 9.85. The molecule has 0 radical (unpaired) electrons. The number of hydrogen-bond acceptors (Lipinski definition) is 9. The fourth-order valence-corrected chi connectivity index (χ4v) is 8.92. The highest BCUT2D eigenvalue weighted by molar-refractivity contribution is 6.05. The number of halogens is 3. The Balaban J connectivity index is 0.848. The summed E-state index contributed by atoms with van der Waals surface area (Å²) in [5, 5.41) is 10.6. The van der Waals surface area contributed by atoms with Gasteiger partial charge in [0.15, 0.2) is 0 Å². The molecule has 58 heavy (non-hydrogen) atoms. The van der Waals surface area contributed by atoms with Crippen LogP contribution in [0.2, 0.25) is 0 Å². The molecule has 3 aromatic heterocycles. The van der Waals surface area contributed by atoms with Crippen LogP contribution in [0.25, 0.3) is 21.9 Å². The molecule has 306 valence electrons. The van der Waals surface area contributed by atoms with E-state index in [0.717, 1.165) is 86.9 Å². The van der Waals surface area contributed by atoms with Crippen LogP contribution < -0.4 is 26.0 Å². The van der Waals surface area contributed by atoms with E-state index in [1.807, 2.05) is 29.1 Å². The Morgan fingerprint density at radius 2 is 1.74 bits per heavy atom. The Morgan fingerprint density at radius 3 is 2.45 bits per heavy atom. The topological polar surface area (TPSA) is 149 Å². The summed E-state index contributed by atoms with van der Waals surface area (Å²) in [6.07, 6.45) is 3.90. The number of nitrogens with one attached hydrogen (secondary N) is 2. The van der Waals surface area contributed by atoms with E-state index in [9.17, 15) is 32.3 Å². The minimum Gasteiger partial charge on any atom is -0.494 e. The number of methoxy groups -OCH3 is 1. The van der Waals surface area contributed by atoms with E-state index in [-0.39, 0.29) is 29.8 Å². The lowest BCUT2D eigenvalue weighted by Gasteiger charge is -2.40. The number of imide groups is 1. The van der Waals surface area contributed by atoms with Crippen molar-refractivity contribution in [2.45, 2.75) is 75.7 Å². The Bertz CT molecular complexity index is 2440. The molecule has 3 amide bonds. The van der Waals surface area contributed by atoms with Crippen LogP contribution in [0, 0.1) is 5.92 Å². The number of anilines is 2. The number of carbonyl (C=O) groups excluding carboxylic acids is 3. The fourth-order valence-electron chi connectivity index (χ4n) is 8.92. The number of imidazole rings is 1. The van der Waals surface area contributed by atoms with E-state index in [0.29, 0.717) is 40.9 Å². The van der Waals surface area contributed by atoms with Gasteiger partial charge in [-0.3, -0.25) is 33.5 Å². The average Bonchev–Trinajstić information content (AvgIpc) is 3.74. The Hall–Kier alpha value is -5.71. The SMILES string of the molecule is COc1cc2nn(C3CCC(CN(C)C4CCN(c5ccc6c(c5)n(C)c(=O)n6C5CCC(=O)NC5=O)CC4)CC3)cc2cc1NC(=O)c1cccc(C(F)(F)F)n1. The molecule has 2 aliphatic heterocycles. The van der Waals surface area contributed by atoms with Crippen molar-refractivity contribution in [3.63, 3.8) is 0 Å². The number of ether oxygens (including phenoxy) is 1. The number of aromatic nitrogens is 5.